The Morgan fingerprint density at radius 1 is 1.16 bits per heavy atom. The lowest BCUT2D eigenvalue weighted by Gasteiger charge is -2.27. The first-order valence-corrected chi connectivity index (χ1v) is 8.40. The van der Waals surface area contributed by atoms with Gasteiger partial charge in [-0.25, -0.2) is 8.42 Å². The molecule has 0 unspecified atom stereocenters. The van der Waals surface area contributed by atoms with Crippen molar-refractivity contribution in [1.82, 2.24) is 4.90 Å². The highest BCUT2D eigenvalue weighted by Crippen LogP contribution is 2.36. The second-order valence-corrected chi connectivity index (χ2v) is 7.24. The van der Waals surface area contributed by atoms with E-state index in [0.717, 1.165) is 36.3 Å². The molecule has 102 valence electrons. The third kappa shape index (κ3) is 2.35. The fourth-order valence-electron chi connectivity index (χ4n) is 3.07. The minimum Gasteiger partial charge on any atom is -0.299 e. The fourth-order valence-corrected chi connectivity index (χ4v) is 4.61. The van der Waals surface area contributed by atoms with Gasteiger partial charge >= 0.3 is 0 Å². The van der Waals surface area contributed by atoms with Gasteiger partial charge in [-0.15, -0.1) is 0 Å². The maximum absolute atomic E-state index is 12.2. The van der Waals surface area contributed by atoms with Gasteiger partial charge in [0.15, 0.2) is 0 Å². The van der Waals surface area contributed by atoms with Gasteiger partial charge in [-0.1, -0.05) is 18.6 Å². The van der Waals surface area contributed by atoms with Crippen molar-refractivity contribution >= 4 is 15.4 Å². The van der Waals surface area contributed by atoms with E-state index in [0.29, 0.717) is 4.90 Å². The summed E-state index contributed by atoms with van der Waals surface area (Å²) in [7, 11) is -3.22. The number of hydrogen-bond donors (Lipinski definition) is 0. The fraction of sp³-hybridized carbons (Fsp3) is 0.467. The normalized spacial score (nSPS) is 22.1. The van der Waals surface area contributed by atoms with E-state index in [1.54, 1.807) is 6.07 Å². The van der Waals surface area contributed by atoms with Crippen molar-refractivity contribution in [3.63, 3.8) is 0 Å². The molecule has 0 N–H and O–H groups in total. The second-order valence-electron chi connectivity index (χ2n) is 5.47. The predicted molar refractivity (Wildman–Crippen MR) is 76.6 cm³/mol. The topological polar surface area (TPSA) is 37.4 Å². The number of piperidine rings is 1. The third-order valence-electron chi connectivity index (χ3n) is 4.00. The van der Waals surface area contributed by atoms with Crippen molar-refractivity contribution in [2.75, 3.05) is 19.6 Å². The summed E-state index contributed by atoms with van der Waals surface area (Å²) in [6, 6.07) is 5.53. The number of fused-ring (bicyclic) bond motifs is 1. The van der Waals surface area contributed by atoms with Crippen molar-refractivity contribution in [1.29, 1.82) is 0 Å². The van der Waals surface area contributed by atoms with Crippen molar-refractivity contribution in [2.24, 2.45) is 0 Å². The molecular formula is C15H19NO2S. The van der Waals surface area contributed by atoms with Crippen molar-refractivity contribution in [3.05, 3.63) is 34.7 Å². The van der Waals surface area contributed by atoms with E-state index in [1.165, 1.54) is 24.7 Å². The Balaban J connectivity index is 1.95. The van der Waals surface area contributed by atoms with Gasteiger partial charge in [0.1, 0.15) is 0 Å². The molecule has 3 nitrogen and oxygen atoms in total. The van der Waals surface area contributed by atoms with E-state index in [4.69, 9.17) is 0 Å². The van der Waals surface area contributed by atoms with Crippen LogP contribution in [0.2, 0.25) is 0 Å². The Labute approximate surface area is 114 Å². The molecule has 0 saturated carbocycles. The second kappa shape index (κ2) is 4.76. The number of likely N-dealkylation sites (tertiary alicyclic amines) is 1. The molecule has 0 bridgehead atoms. The molecule has 1 aromatic carbocycles. The summed E-state index contributed by atoms with van der Waals surface area (Å²) in [5.41, 5.74) is 2.96. The Kier molecular flexibility index (Phi) is 3.23. The third-order valence-corrected chi connectivity index (χ3v) is 5.55. The molecule has 0 amide bonds. The molecule has 1 saturated heterocycles. The summed E-state index contributed by atoms with van der Waals surface area (Å²) < 4.78 is 24.3. The summed E-state index contributed by atoms with van der Waals surface area (Å²) >= 11 is 0. The maximum atomic E-state index is 12.2. The monoisotopic (exact) mass is 277 g/mol. The Bertz CT molecular complexity index is 626. The zero-order chi connectivity index (χ0) is 13.5. The summed E-state index contributed by atoms with van der Waals surface area (Å²) in [6.07, 6.45) is 3.74. The molecule has 0 spiro atoms. The number of hydrogen-bond acceptors (Lipinski definition) is 3. The van der Waals surface area contributed by atoms with Gasteiger partial charge in [-0.3, -0.25) is 4.90 Å². The molecule has 0 aliphatic carbocycles. The Hall–Kier alpha value is -1.13. The highest BCUT2D eigenvalue weighted by molar-refractivity contribution is 7.95. The van der Waals surface area contributed by atoms with Crippen molar-refractivity contribution < 1.29 is 8.42 Å². The van der Waals surface area contributed by atoms with E-state index in [1.807, 2.05) is 19.1 Å². The highest BCUT2D eigenvalue weighted by Gasteiger charge is 2.29. The molecule has 2 aliphatic rings. The van der Waals surface area contributed by atoms with Crippen LogP contribution in [0.5, 0.6) is 0 Å². The lowest BCUT2D eigenvalue weighted by molar-refractivity contribution is 0.255. The summed E-state index contributed by atoms with van der Waals surface area (Å²) in [5, 5.41) is 1.47. The largest absolute Gasteiger partial charge is 0.299 e. The van der Waals surface area contributed by atoms with Crippen LogP contribution in [0.4, 0.5) is 0 Å². The van der Waals surface area contributed by atoms with Gasteiger partial charge in [-0.05, 0) is 50.1 Å². The highest BCUT2D eigenvalue weighted by atomic mass is 32.2. The quantitative estimate of drug-likeness (QED) is 0.834. The average molecular weight is 277 g/mol. The Morgan fingerprint density at radius 2 is 1.89 bits per heavy atom. The van der Waals surface area contributed by atoms with Crippen LogP contribution in [0.3, 0.4) is 0 Å². The molecule has 3 rings (SSSR count). The van der Waals surface area contributed by atoms with Crippen LogP contribution in [0, 0.1) is 6.92 Å². The van der Waals surface area contributed by atoms with E-state index < -0.39 is 9.84 Å². The molecule has 1 fully saturated rings. The number of benzene rings is 1. The van der Waals surface area contributed by atoms with Gasteiger partial charge in [-0.2, -0.15) is 0 Å². The Morgan fingerprint density at radius 3 is 2.63 bits per heavy atom. The van der Waals surface area contributed by atoms with E-state index >= 15 is 0 Å². The van der Waals surface area contributed by atoms with E-state index in [-0.39, 0.29) is 0 Å². The van der Waals surface area contributed by atoms with Crippen LogP contribution in [0.25, 0.3) is 5.57 Å². The van der Waals surface area contributed by atoms with Crippen LogP contribution >= 0.6 is 0 Å². The minimum absolute atomic E-state index is 0.486. The van der Waals surface area contributed by atoms with Gasteiger partial charge < -0.3 is 0 Å². The standard InChI is InChI=1S/C15H19NO2S/c1-12-6-5-7-14-15(12)13(11-19(14,17)18)10-16-8-3-2-4-9-16/h5-7,11H,2-4,8-10H2,1H3. The van der Waals surface area contributed by atoms with E-state index in [9.17, 15) is 8.42 Å². The molecular weight excluding hydrogens is 258 g/mol. The van der Waals surface area contributed by atoms with E-state index in [2.05, 4.69) is 4.90 Å². The molecule has 0 radical (unpaired) electrons. The molecule has 19 heavy (non-hydrogen) atoms. The lowest BCUT2D eigenvalue weighted by Crippen LogP contribution is -2.31. The van der Waals surface area contributed by atoms with Crippen LogP contribution in [0.15, 0.2) is 28.5 Å². The first-order chi connectivity index (χ1) is 9.08. The number of sulfone groups is 1. The smallest absolute Gasteiger partial charge is 0.200 e. The molecule has 0 atom stereocenters. The van der Waals surface area contributed by atoms with Crippen LogP contribution in [-0.2, 0) is 9.84 Å². The minimum atomic E-state index is -3.22. The van der Waals surface area contributed by atoms with Gasteiger partial charge in [0.25, 0.3) is 0 Å². The molecule has 4 heteroatoms. The average Bonchev–Trinajstić information content (AvgIpc) is 2.63. The van der Waals surface area contributed by atoms with Crippen LogP contribution < -0.4 is 0 Å². The first kappa shape index (κ1) is 12.9. The molecule has 1 aromatic rings. The first-order valence-electron chi connectivity index (χ1n) is 6.86. The molecule has 2 heterocycles. The number of nitrogens with zero attached hydrogens (tertiary/aromatic N) is 1. The number of rotatable bonds is 2. The number of aryl methyl sites for hydroxylation is 1. The molecule has 2 aliphatic heterocycles. The summed E-state index contributed by atoms with van der Waals surface area (Å²) in [4.78, 5) is 2.85. The van der Waals surface area contributed by atoms with Gasteiger partial charge in [0.05, 0.1) is 4.90 Å². The predicted octanol–water partition coefficient (Wildman–Crippen LogP) is 2.61. The van der Waals surface area contributed by atoms with Crippen LogP contribution in [0.1, 0.15) is 30.4 Å². The SMILES string of the molecule is Cc1cccc2c1C(CN1CCCCC1)=CS2(=O)=O. The van der Waals surface area contributed by atoms with Gasteiger partial charge in [0.2, 0.25) is 9.84 Å². The maximum Gasteiger partial charge on any atom is 0.200 e. The van der Waals surface area contributed by atoms with Crippen molar-refractivity contribution in [3.8, 4) is 0 Å². The summed E-state index contributed by atoms with van der Waals surface area (Å²) in [5.74, 6) is 0. The lowest BCUT2D eigenvalue weighted by atomic mass is 10.0. The zero-order valence-corrected chi connectivity index (χ0v) is 12.0. The van der Waals surface area contributed by atoms with Crippen LogP contribution in [-0.4, -0.2) is 33.0 Å². The zero-order valence-electron chi connectivity index (χ0n) is 11.2. The van der Waals surface area contributed by atoms with Crippen molar-refractivity contribution in [2.45, 2.75) is 31.1 Å². The van der Waals surface area contributed by atoms with Gasteiger partial charge in [0, 0.05) is 17.5 Å². The molecule has 0 aromatic heterocycles. The summed E-state index contributed by atoms with van der Waals surface area (Å²) in [6.45, 7) is 4.91.